The number of aromatic carboxylic acids is 1. The molecule has 110 valence electrons. The summed E-state index contributed by atoms with van der Waals surface area (Å²) in [7, 11) is 0. The SMILES string of the molecule is O=Cc1c(C(=O)[O-])n(Cc2ccccc2Cl)c2ccccc12. The Morgan fingerprint density at radius 1 is 1.14 bits per heavy atom. The average Bonchev–Trinajstić information content (AvgIpc) is 2.83. The number of carbonyl (C=O) groups excluding carboxylic acids is 2. The van der Waals surface area contributed by atoms with E-state index >= 15 is 0 Å². The molecule has 0 fully saturated rings. The first kappa shape index (κ1) is 14.4. The number of nitrogens with zero attached hydrogens (tertiary/aromatic N) is 1. The van der Waals surface area contributed by atoms with Crippen LogP contribution < -0.4 is 5.11 Å². The van der Waals surface area contributed by atoms with Crippen LogP contribution in [0.4, 0.5) is 0 Å². The third kappa shape index (κ3) is 2.27. The molecule has 2 aromatic carbocycles. The standard InChI is InChI=1S/C17H12ClNO3/c18-14-7-3-1-5-11(14)9-19-15-8-4-2-6-12(15)13(10-20)16(19)17(21)22/h1-8,10H,9H2,(H,21,22)/p-1. The summed E-state index contributed by atoms with van der Waals surface area (Å²) in [5.74, 6) is -1.38. The zero-order valence-corrected chi connectivity index (χ0v) is 12.2. The van der Waals surface area contributed by atoms with Crippen molar-refractivity contribution in [1.29, 1.82) is 0 Å². The monoisotopic (exact) mass is 312 g/mol. The summed E-state index contributed by atoms with van der Waals surface area (Å²) in [6, 6.07) is 14.2. The van der Waals surface area contributed by atoms with Crippen LogP contribution >= 0.6 is 11.6 Å². The number of para-hydroxylation sites is 1. The van der Waals surface area contributed by atoms with Crippen LogP contribution in [0.15, 0.2) is 48.5 Å². The van der Waals surface area contributed by atoms with Crippen molar-refractivity contribution in [2.45, 2.75) is 6.54 Å². The van der Waals surface area contributed by atoms with Gasteiger partial charge in [-0.05, 0) is 17.7 Å². The van der Waals surface area contributed by atoms with E-state index in [1.807, 2.05) is 12.1 Å². The molecule has 3 aromatic rings. The summed E-state index contributed by atoms with van der Waals surface area (Å²) >= 11 is 6.15. The van der Waals surface area contributed by atoms with E-state index < -0.39 is 5.97 Å². The molecule has 0 N–H and O–H groups in total. The fraction of sp³-hybridized carbons (Fsp3) is 0.0588. The van der Waals surface area contributed by atoms with E-state index in [4.69, 9.17) is 11.6 Å². The molecule has 0 bridgehead atoms. The van der Waals surface area contributed by atoms with Gasteiger partial charge in [0.2, 0.25) is 0 Å². The van der Waals surface area contributed by atoms with Crippen molar-refractivity contribution in [2.75, 3.05) is 0 Å². The molecule has 0 radical (unpaired) electrons. The molecule has 1 aromatic heterocycles. The number of carboxylic acid groups (broad SMARTS) is 1. The number of carboxylic acids is 1. The topological polar surface area (TPSA) is 62.1 Å². The third-order valence-corrected chi connectivity index (χ3v) is 3.98. The molecule has 0 aliphatic carbocycles. The van der Waals surface area contributed by atoms with Crippen LogP contribution in [-0.4, -0.2) is 16.8 Å². The Morgan fingerprint density at radius 2 is 1.82 bits per heavy atom. The summed E-state index contributed by atoms with van der Waals surface area (Å²) < 4.78 is 1.55. The molecule has 0 aliphatic heterocycles. The van der Waals surface area contributed by atoms with Gasteiger partial charge in [0.25, 0.3) is 0 Å². The van der Waals surface area contributed by atoms with E-state index in [2.05, 4.69) is 0 Å². The fourth-order valence-corrected chi connectivity index (χ4v) is 2.83. The Bertz CT molecular complexity index is 883. The van der Waals surface area contributed by atoms with E-state index in [-0.39, 0.29) is 17.8 Å². The normalized spacial score (nSPS) is 10.8. The molecule has 1 heterocycles. The van der Waals surface area contributed by atoms with Crippen molar-refractivity contribution < 1.29 is 14.7 Å². The molecule has 4 nitrogen and oxygen atoms in total. The molecule has 3 rings (SSSR count). The Kier molecular flexibility index (Phi) is 3.69. The number of fused-ring (bicyclic) bond motifs is 1. The Balaban J connectivity index is 2.28. The lowest BCUT2D eigenvalue weighted by Crippen LogP contribution is -2.27. The van der Waals surface area contributed by atoms with Crippen molar-refractivity contribution in [3.8, 4) is 0 Å². The first-order valence-corrected chi connectivity index (χ1v) is 7.02. The van der Waals surface area contributed by atoms with Gasteiger partial charge in [-0.15, -0.1) is 0 Å². The van der Waals surface area contributed by atoms with E-state index in [1.54, 1.807) is 41.0 Å². The molecule has 0 spiro atoms. The zero-order valence-electron chi connectivity index (χ0n) is 11.5. The Hall–Kier alpha value is -2.59. The van der Waals surface area contributed by atoms with Gasteiger partial charge >= 0.3 is 0 Å². The molecule has 0 amide bonds. The molecular formula is C17H11ClNO3-. The van der Waals surface area contributed by atoms with Crippen molar-refractivity contribution in [1.82, 2.24) is 4.57 Å². The number of halogens is 1. The highest BCUT2D eigenvalue weighted by molar-refractivity contribution is 6.31. The summed E-state index contributed by atoms with van der Waals surface area (Å²) in [6.45, 7) is 0.247. The van der Waals surface area contributed by atoms with Crippen LogP contribution in [0, 0.1) is 0 Å². The quantitative estimate of drug-likeness (QED) is 0.695. The fourth-order valence-electron chi connectivity index (χ4n) is 2.63. The smallest absolute Gasteiger partial charge is 0.152 e. The second-order valence-electron chi connectivity index (χ2n) is 4.86. The highest BCUT2D eigenvalue weighted by Crippen LogP contribution is 2.27. The number of aromatic nitrogens is 1. The maximum Gasteiger partial charge on any atom is 0.152 e. The molecule has 0 saturated carbocycles. The molecule has 0 unspecified atom stereocenters. The van der Waals surface area contributed by atoms with Gasteiger partial charge in [-0.1, -0.05) is 48.0 Å². The maximum absolute atomic E-state index is 11.5. The molecule has 0 saturated heterocycles. The second-order valence-corrected chi connectivity index (χ2v) is 5.27. The Morgan fingerprint density at radius 3 is 2.50 bits per heavy atom. The van der Waals surface area contributed by atoms with E-state index in [9.17, 15) is 14.7 Å². The predicted molar refractivity (Wildman–Crippen MR) is 82.2 cm³/mol. The van der Waals surface area contributed by atoms with Gasteiger partial charge in [-0.2, -0.15) is 0 Å². The average molecular weight is 313 g/mol. The minimum atomic E-state index is -1.38. The van der Waals surface area contributed by atoms with Crippen LogP contribution in [-0.2, 0) is 6.54 Å². The summed E-state index contributed by atoms with van der Waals surface area (Å²) in [4.78, 5) is 22.9. The van der Waals surface area contributed by atoms with E-state index in [0.717, 1.165) is 5.56 Å². The highest BCUT2D eigenvalue weighted by atomic mass is 35.5. The highest BCUT2D eigenvalue weighted by Gasteiger charge is 2.18. The van der Waals surface area contributed by atoms with Crippen molar-refractivity contribution >= 4 is 34.8 Å². The first-order chi connectivity index (χ1) is 10.6. The van der Waals surface area contributed by atoms with Gasteiger partial charge in [-0.3, -0.25) is 4.79 Å². The zero-order chi connectivity index (χ0) is 15.7. The van der Waals surface area contributed by atoms with Gasteiger partial charge in [-0.25, -0.2) is 0 Å². The number of aldehydes is 1. The first-order valence-electron chi connectivity index (χ1n) is 6.64. The maximum atomic E-state index is 11.5. The van der Waals surface area contributed by atoms with Crippen LogP contribution in [0.2, 0.25) is 5.02 Å². The third-order valence-electron chi connectivity index (χ3n) is 3.61. The number of carbonyl (C=O) groups is 2. The Labute approximate surface area is 131 Å². The molecule has 0 aliphatic rings. The van der Waals surface area contributed by atoms with Crippen molar-refractivity contribution in [3.05, 3.63) is 70.4 Å². The number of hydrogen-bond donors (Lipinski definition) is 0. The lowest BCUT2D eigenvalue weighted by atomic mass is 10.1. The molecule has 5 heteroatoms. The van der Waals surface area contributed by atoms with E-state index in [0.29, 0.717) is 22.2 Å². The van der Waals surface area contributed by atoms with Gasteiger partial charge in [0, 0.05) is 28.0 Å². The summed E-state index contributed by atoms with van der Waals surface area (Å²) in [5.41, 5.74) is 1.42. The van der Waals surface area contributed by atoms with Crippen LogP contribution in [0.25, 0.3) is 10.9 Å². The number of benzene rings is 2. The van der Waals surface area contributed by atoms with Gasteiger partial charge in [0.15, 0.2) is 6.29 Å². The minimum absolute atomic E-state index is 0.127. The largest absolute Gasteiger partial charge is 0.543 e. The number of rotatable bonds is 4. The van der Waals surface area contributed by atoms with Gasteiger partial charge < -0.3 is 14.5 Å². The predicted octanol–water partition coefficient (Wildman–Crippen LogP) is 2.52. The number of hydrogen-bond acceptors (Lipinski definition) is 3. The van der Waals surface area contributed by atoms with Gasteiger partial charge in [0.05, 0.1) is 11.7 Å². The van der Waals surface area contributed by atoms with Crippen LogP contribution in [0.5, 0.6) is 0 Å². The second kappa shape index (κ2) is 5.66. The van der Waals surface area contributed by atoms with Gasteiger partial charge in [0.1, 0.15) is 0 Å². The van der Waals surface area contributed by atoms with Crippen LogP contribution in [0.1, 0.15) is 26.4 Å². The summed E-state index contributed by atoms with van der Waals surface area (Å²) in [5, 5.41) is 12.6. The molecular weight excluding hydrogens is 302 g/mol. The lowest BCUT2D eigenvalue weighted by Gasteiger charge is -2.13. The van der Waals surface area contributed by atoms with Crippen LogP contribution in [0.3, 0.4) is 0 Å². The molecule has 22 heavy (non-hydrogen) atoms. The molecule has 0 atom stereocenters. The van der Waals surface area contributed by atoms with E-state index in [1.165, 1.54) is 0 Å². The minimum Gasteiger partial charge on any atom is -0.543 e. The summed E-state index contributed by atoms with van der Waals surface area (Å²) in [6.07, 6.45) is 0.552. The van der Waals surface area contributed by atoms with Crippen molar-refractivity contribution in [2.24, 2.45) is 0 Å². The van der Waals surface area contributed by atoms with Crippen molar-refractivity contribution in [3.63, 3.8) is 0 Å². The lowest BCUT2D eigenvalue weighted by molar-refractivity contribution is -0.255.